The maximum Gasteiger partial charge on any atom is 0.416 e. The molecule has 1 saturated heterocycles. The number of alkyl halides is 3. The van der Waals surface area contributed by atoms with Gasteiger partial charge in [0.25, 0.3) is 0 Å². The van der Waals surface area contributed by atoms with E-state index in [1.165, 1.54) is 29.3 Å². The first-order valence-corrected chi connectivity index (χ1v) is 12.5. The zero-order valence-electron chi connectivity index (χ0n) is 20.4. The van der Waals surface area contributed by atoms with Crippen LogP contribution in [0.5, 0.6) is 5.88 Å². The van der Waals surface area contributed by atoms with E-state index in [-0.39, 0.29) is 46.6 Å². The van der Waals surface area contributed by atoms with Crippen molar-refractivity contribution in [3.8, 4) is 17.1 Å². The van der Waals surface area contributed by atoms with Gasteiger partial charge in [0.05, 0.1) is 34.6 Å². The number of carbonyl (C=O) groups is 1. The van der Waals surface area contributed by atoms with Gasteiger partial charge in [0.15, 0.2) is 5.82 Å². The molecular weight excluding hydrogens is 541 g/mol. The highest BCUT2D eigenvalue weighted by molar-refractivity contribution is 6.33. The Morgan fingerprint density at radius 1 is 1.26 bits per heavy atom. The first-order valence-electron chi connectivity index (χ1n) is 12.1. The molecule has 0 radical (unpaired) electrons. The highest BCUT2D eigenvalue weighted by atomic mass is 35.5. The van der Waals surface area contributed by atoms with E-state index in [4.69, 9.17) is 21.4 Å². The van der Waals surface area contributed by atoms with Crippen LogP contribution in [0.15, 0.2) is 42.6 Å². The number of pyridine rings is 1. The molecule has 2 aromatic heterocycles. The first-order chi connectivity index (χ1) is 18.6. The van der Waals surface area contributed by atoms with Crippen LogP contribution in [-0.4, -0.2) is 69.6 Å². The van der Waals surface area contributed by atoms with Gasteiger partial charge in [-0.05, 0) is 31.0 Å². The van der Waals surface area contributed by atoms with Crippen molar-refractivity contribution in [2.75, 3.05) is 41.4 Å². The number of hydrogen-bond donors (Lipinski definition) is 3. The molecule has 3 aromatic rings. The Morgan fingerprint density at radius 3 is 2.85 bits per heavy atom. The Balaban J connectivity index is 1.48. The van der Waals surface area contributed by atoms with Crippen LogP contribution < -0.4 is 19.9 Å². The lowest BCUT2D eigenvalue weighted by molar-refractivity contribution is -0.137. The second kappa shape index (κ2) is 10.8. The number of aromatic nitrogens is 3. The summed E-state index contributed by atoms with van der Waals surface area (Å²) in [6.07, 6.45) is -2.77. The van der Waals surface area contributed by atoms with Crippen LogP contribution in [-0.2, 0) is 6.18 Å². The molecule has 206 valence electrons. The quantitative estimate of drug-likeness (QED) is 0.411. The van der Waals surface area contributed by atoms with Crippen molar-refractivity contribution < 1.29 is 32.9 Å². The number of urea groups is 1. The molecule has 1 aromatic carbocycles. The molecule has 0 unspecified atom stereocenters. The Labute approximate surface area is 226 Å². The number of halogens is 4. The molecule has 2 aliphatic heterocycles. The molecule has 10 nitrogen and oxygen atoms in total. The van der Waals surface area contributed by atoms with Gasteiger partial charge in [0.1, 0.15) is 12.7 Å². The van der Waals surface area contributed by atoms with Gasteiger partial charge >= 0.3 is 12.2 Å². The van der Waals surface area contributed by atoms with Gasteiger partial charge in [-0.15, -0.1) is 0 Å². The number of hydrogen-bond acceptors (Lipinski definition) is 8. The van der Waals surface area contributed by atoms with Crippen molar-refractivity contribution in [1.29, 1.82) is 0 Å². The maximum atomic E-state index is 13.6. The molecule has 2 amide bonds. The number of rotatable bonds is 6. The molecule has 3 N–H and O–H groups in total. The zero-order chi connectivity index (χ0) is 27.7. The number of aliphatic hydroxyl groups is 2. The van der Waals surface area contributed by atoms with Gasteiger partial charge in [-0.3, -0.25) is 10.2 Å². The summed E-state index contributed by atoms with van der Waals surface area (Å²) in [7, 11) is 0. The molecule has 4 heterocycles. The van der Waals surface area contributed by atoms with Crippen molar-refractivity contribution in [2.45, 2.75) is 31.2 Å². The maximum absolute atomic E-state index is 13.6. The number of carbonyl (C=O) groups excluding carboxylic acids is 1. The van der Waals surface area contributed by atoms with Crippen molar-refractivity contribution in [3.63, 3.8) is 0 Å². The molecule has 2 bridgehead atoms. The molecule has 2 aliphatic rings. The second-order valence-corrected chi connectivity index (χ2v) is 9.56. The van der Waals surface area contributed by atoms with E-state index in [2.05, 4.69) is 25.2 Å². The Bertz CT molecular complexity index is 1380. The lowest BCUT2D eigenvalue weighted by atomic mass is 9.99. The Kier molecular flexibility index (Phi) is 7.47. The molecule has 1 fully saturated rings. The van der Waals surface area contributed by atoms with Gasteiger partial charge in [0.2, 0.25) is 11.8 Å². The summed E-state index contributed by atoms with van der Waals surface area (Å²) in [4.78, 5) is 29.9. The third-order valence-corrected chi connectivity index (χ3v) is 6.72. The predicted octanol–water partition coefficient (Wildman–Crippen LogP) is 3.96. The molecule has 2 atom stereocenters. The third kappa shape index (κ3) is 5.70. The molecular formula is C25H24ClF3N6O4. The number of nitrogens with one attached hydrogen (secondary N) is 1. The minimum Gasteiger partial charge on any atom is -0.475 e. The Morgan fingerprint density at radius 2 is 2.08 bits per heavy atom. The molecule has 0 saturated carbocycles. The summed E-state index contributed by atoms with van der Waals surface area (Å²) in [6.45, 7) is 0.564. The van der Waals surface area contributed by atoms with Gasteiger partial charge < -0.3 is 19.8 Å². The lowest BCUT2D eigenvalue weighted by Gasteiger charge is -2.45. The molecule has 5 rings (SSSR count). The van der Waals surface area contributed by atoms with Crippen LogP contribution in [0.3, 0.4) is 0 Å². The van der Waals surface area contributed by atoms with E-state index in [1.807, 2.05) is 0 Å². The number of benzene rings is 1. The summed E-state index contributed by atoms with van der Waals surface area (Å²) < 4.78 is 45.4. The van der Waals surface area contributed by atoms with E-state index in [0.717, 1.165) is 25.1 Å². The number of piperidine rings is 1. The molecule has 39 heavy (non-hydrogen) atoms. The topological polar surface area (TPSA) is 124 Å². The number of fused-ring (bicyclic) bond motifs is 4. The van der Waals surface area contributed by atoms with Crippen LogP contribution in [0.1, 0.15) is 18.4 Å². The second-order valence-electron chi connectivity index (χ2n) is 9.15. The van der Waals surface area contributed by atoms with Crippen LogP contribution in [0.4, 0.5) is 35.4 Å². The summed E-state index contributed by atoms with van der Waals surface area (Å²) in [5, 5.41) is 21.2. The largest absolute Gasteiger partial charge is 0.475 e. The summed E-state index contributed by atoms with van der Waals surface area (Å²) in [5.74, 6) is 0.272. The van der Waals surface area contributed by atoms with Crippen LogP contribution >= 0.6 is 11.6 Å². The number of nitrogens with zero attached hydrogens (tertiary/aromatic N) is 5. The SMILES string of the molecule is O=C(Nc1nccc(OC[C@H](O)CO)n1)N1c2nc(-c3cccc(C(F)(F)F)c3)c(Cl)cc2N2CCC[C@H]1C2. The van der Waals surface area contributed by atoms with Crippen molar-refractivity contribution >= 4 is 35.1 Å². The van der Waals surface area contributed by atoms with Gasteiger partial charge in [0, 0.05) is 30.9 Å². The van der Waals surface area contributed by atoms with E-state index in [1.54, 1.807) is 6.07 Å². The van der Waals surface area contributed by atoms with Gasteiger partial charge in [-0.1, -0.05) is 23.7 Å². The summed E-state index contributed by atoms with van der Waals surface area (Å²) in [6, 6.07) is 6.92. The van der Waals surface area contributed by atoms with Crippen LogP contribution in [0, 0.1) is 0 Å². The molecule has 14 heteroatoms. The van der Waals surface area contributed by atoms with Crippen LogP contribution in [0.2, 0.25) is 5.02 Å². The first kappa shape index (κ1) is 26.9. The fourth-order valence-electron chi connectivity index (χ4n) is 4.62. The monoisotopic (exact) mass is 564 g/mol. The van der Waals surface area contributed by atoms with Crippen molar-refractivity contribution in [2.24, 2.45) is 0 Å². The normalized spacial score (nSPS) is 17.4. The minimum atomic E-state index is -4.54. The van der Waals surface area contributed by atoms with Crippen molar-refractivity contribution in [3.05, 3.63) is 53.2 Å². The predicted molar refractivity (Wildman–Crippen MR) is 137 cm³/mol. The fourth-order valence-corrected chi connectivity index (χ4v) is 4.87. The van der Waals surface area contributed by atoms with Gasteiger partial charge in [-0.25, -0.2) is 14.8 Å². The Hall–Kier alpha value is -3.68. The molecule has 0 spiro atoms. The number of aliphatic hydroxyl groups excluding tert-OH is 2. The third-order valence-electron chi connectivity index (χ3n) is 6.43. The smallest absolute Gasteiger partial charge is 0.416 e. The number of anilines is 3. The van der Waals surface area contributed by atoms with E-state index in [0.29, 0.717) is 18.7 Å². The average molecular weight is 565 g/mol. The summed E-state index contributed by atoms with van der Waals surface area (Å²) >= 11 is 6.52. The number of amides is 2. The molecule has 0 aliphatic carbocycles. The van der Waals surface area contributed by atoms with E-state index in [9.17, 15) is 23.1 Å². The number of ether oxygens (including phenoxy) is 1. The average Bonchev–Trinajstić information content (AvgIpc) is 2.92. The van der Waals surface area contributed by atoms with Gasteiger partial charge in [-0.2, -0.15) is 18.2 Å². The highest BCUT2D eigenvalue weighted by Crippen LogP contribution is 2.43. The lowest BCUT2D eigenvalue weighted by Crippen LogP contribution is -2.56. The summed E-state index contributed by atoms with van der Waals surface area (Å²) in [5.41, 5.74) is 0.0472. The van der Waals surface area contributed by atoms with Crippen molar-refractivity contribution in [1.82, 2.24) is 15.0 Å². The standard InChI is InChI=1S/C25H24ClF3N6O4/c26-18-10-19-22(32-21(18)14-3-1-4-15(9-14)25(27,28)29)35(16-5-2-8-34(19)11-16)24(38)33-23-30-7-6-20(31-23)39-13-17(37)12-36/h1,3-4,6-7,9-10,16-17,36-37H,2,5,8,11-13H2,(H,30,31,33,38)/t16-,17+/m0/s1. The highest BCUT2D eigenvalue weighted by Gasteiger charge is 2.39. The van der Waals surface area contributed by atoms with E-state index >= 15 is 0 Å². The fraction of sp³-hybridized carbons (Fsp3) is 0.360. The van der Waals surface area contributed by atoms with E-state index < -0.39 is 30.5 Å². The van der Waals surface area contributed by atoms with Crippen LogP contribution in [0.25, 0.3) is 11.3 Å². The minimum absolute atomic E-state index is 0.0668. The zero-order valence-corrected chi connectivity index (χ0v) is 21.2.